The van der Waals surface area contributed by atoms with Crippen LogP contribution in [0.2, 0.25) is 0 Å². The van der Waals surface area contributed by atoms with Crippen LogP contribution in [0.4, 0.5) is 0 Å². The average molecular weight is 351 g/mol. The Bertz CT molecular complexity index is 806. The fourth-order valence-electron chi connectivity index (χ4n) is 4.25. The number of fused-ring (bicyclic) bond motifs is 3. The summed E-state index contributed by atoms with van der Waals surface area (Å²) in [5, 5.41) is 3.48. The van der Waals surface area contributed by atoms with Gasteiger partial charge < -0.3 is 15.0 Å². The number of benzene rings is 1. The van der Waals surface area contributed by atoms with E-state index in [-0.39, 0.29) is 11.9 Å². The van der Waals surface area contributed by atoms with Gasteiger partial charge in [0.15, 0.2) is 0 Å². The van der Waals surface area contributed by atoms with Crippen LogP contribution in [-0.2, 0) is 6.42 Å². The minimum atomic E-state index is 0.139. The molecule has 5 nitrogen and oxygen atoms in total. The Kier molecular flexibility index (Phi) is 4.64. The van der Waals surface area contributed by atoms with Crippen molar-refractivity contribution in [1.82, 2.24) is 15.2 Å². The van der Waals surface area contributed by atoms with Crippen molar-refractivity contribution in [1.29, 1.82) is 0 Å². The van der Waals surface area contributed by atoms with Crippen molar-refractivity contribution >= 4 is 5.91 Å². The zero-order valence-electron chi connectivity index (χ0n) is 15.4. The summed E-state index contributed by atoms with van der Waals surface area (Å²) < 4.78 is 5.78. The standard InChI is InChI=1S/C21H25N3O2/c1-3-15-9-14(2)20-17(10-15)18-12-23-13-19(18)24(21(20)25)7-8-26-16-5-4-6-22-11-16/h4-6,9-11,18-19,23H,3,7-8,12-13H2,1-2H3/t18-,19+/m1/s1. The number of pyridine rings is 1. The highest BCUT2D eigenvalue weighted by Gasteiger charge is 2.42. The molecule has 0 radical (unpaired) electrons. The van der Waals surface area contributed by atoms with Crippen molar-refractivity contribution in [3.63, 3.8) is 0 Å². The third kappa shape index (κ3) is 2.97. The van der Waals surface area contributed by atoms with Crippen molar-refractivity contribution in [3.05, 3.63) is 58.9 Å². The molecule has 136 valence electrons. The van der Waals surface area contributed by atoms with Gasteiger partial charge in [0.25, 0.3) is 5.91 Å². The smallest absolute Gasteiger partial charge is 0.254 e. The number of hydrogen-bond donors (Lipinski definition) is 1. The average Bonchev–Trinajstić information content (AvgIpc) is 3.14. The van der Waals surface area contributed by atoms with Gasteiger partial charge in [-0.3, -0.25) is 9.78 Å². The van der Waals surface area contributed by atoms with Crippen LogP contribution in [0, 0.1) is 6.92 Å². The van der Waals surface area contributed by atoms with Crippen molar-refractivity contribution in [2.24, 2.45) is 0 Å². The van der Waals surface area contributed by atoms with Crippen molar-refractivity contribution in [2.75, 3.05) is 26.2 Å². The highest BCUT2D eigenvalue weighted by Crippen LogP contribution is 2.37. The van der Waals surface area contributed by atoms with Crippen LogP contribution in [0.3, 0.4) is 0 Å². The van der Waals surface area contributed by atoms with E-state index >= 15 is 0 Å². The van der Waals surface area contributed by atoms with E-state index in [1.54, 1.807) is 12.4 Å². The van der Waals surface area contributed by atoms with Crippen LogP contribution >= 0.6 is 0 Å². The maximum Gasteiger partial charge on any atom is 0.254 e. The van der Waals surface area contributed by atoms with Gasteiger partial charge in [-0.1, -0.05) is 19.1 Å². The molecule has 1 amide bonds. The highest BCUT2D eigenvalue weighted by atomic mass is 16.5. The third-order valence-electron chi connectivity index (χ3n) is 5.53. The van der Waals surface area contributed by atoms with Crippen LogP contribution in [0.1, 0.15) is 39.9 Å². The molecule has 3 heterocycles. The lowest BCUT2D eigenvalue weighted by Crippen LogP contribution is -2.50. The molecule has 1 N–H and O–H groups in total. The minimum Gasteiger partial charge on any atom is -0.490 e. The van der Waals surface area contributed by atoms with E-state index in [1.807, 2.05) is 17.0 Å². The summed E-state index contributed by atoms with van der Waals surface area (Å²) >= 11 is 0. The number of nitrogens with one attached hydrogen (secondary N) is 1. The van der Waals surface area contributed by atoms with E-state index in [2.05, 4.69) is 36.3 Å². The molecule has 1 fully saturated rings. The Labute approximate surface area is 154 Å². The summed E-state index contributed by atoms with van der Waals surface area (Å²) in [7, 11) is 0. The summed E-state index contributed by atoms with van der Waals surface area (Å²) in [6.45, 7) is 7.06. The Hall–Kier alpha value is -2.40. The molecular weight excluding hydrogens is 326 g/mol. The van der Waals surface area contributed by atoms with Crippen molar-refractivity contribution in [3.8, 4) is 5.75 Å². The zero-order valence-corrected chi connectivity index (χ0v) is 15.4. The summed E-state index contributed by atoms with van der Waals surface area (Å²) in [5.41, 5.74) is 4.53. The zero-order chi connectivity index (χ0) is 18.1. The molecule has 1 saturated heterocycles. The molecule has 0 saturated carbocycles. The molecule has 2 atom stereocenters. The first-order valence-electron chi connectivity index (χ1n) is 9.37. The van der Waals surface area contributed by atoms with Gasteiger partial charge in [0.2, 0.25) is 0 Å². The summed E-state index contributed by atoms with van der Waals surface area (Å²) in [4.78, 5) is 19.3. The molecule has 0 aliphatic carbocycles. The van der Waals surface area contributed by atoms with Crippen molar-refractivity contribution < 1.29 is 9.53 Å². The van der Waals surface area contributed by atoms with E-state index in [1.165, 1.54) is 11.1 Å². The van der Waals surface area contributed by atoms with Gasteiger partial charge in [0, 0.05) is 30.8 Å². The number of aromatic nitrogens is 1. The summed E-state index contributed by atoms with van der Waals surface area (Å²) in [6, 6.07) is 8.34. The lowest BCUT2D eigenvalue weighted by atomic mass is 9.81. The maximum absolute atomic E-state index is 13.3. The van der Waals surface area contributed by atoms with E-state index < -0.39 is 0 Å². The first-order valence-corrected chi connectivity index (χ1v) is 9.37. The molecule has 0 bridgehead atoms. The van der Waals surface area contributed by atoms with Gasteiger partial charge in [0.05, 0.1) is 18.8 Å². The molecule has 0 unspecified atom stereocenters. The molecular formula is C21H25N3O2. The highest BCUT2D eigenvalue weighted by molar-refractivity contribution is 5.99. The first kappa shape index (κ1) is 17.0. The number of aryl methyl sites for hydroxylation is 2. The number of carbonyl (C=O) groups excluding carboxylic acids is 1. The number of carbonyl (C=O) groups is 1. The van der Waals surface area contributed by atoms with Crippen LogP contribution in [0.5, 0.6) is 5.75 Å². The Morgan fingerprint density at radius 2 is 2.23 bits per heavy atom. The number of amides is 1. The molecule has 0 spiro atoms. The fourth-order valence-corrected chi connectivity index (χ4v) is 4.25. The summed E-state index contributed by atoms with van der Waals surface area (Å²) in [5.74, 6) is 1.24. The fraction of sp³-hybridized carbons (Fsp3) is 0.429. The van der Waals surface area contributed by atoms with Gasteiger partial charge in [-0.25, -0.2) is 0 Å². The SMILES string of the molecule is CCc1cc(C)c2c(c1)[C@H]1CNC[C@@H]1N(CCOc1cccnc1)C2=O. The number of rotatable bonds is 5. The van der Waals surface area contributed by atoms with Crippen LogP contribution in [0.25, 0.3) is 0 Å². The van der Waals surface area contributed by atoms with Gasteiger partial charge in [-0.05, 0) is 42.2 Å². The Morgan fingerprint density at radius 3 is 3.00 bits per heavy atom. The third-order valence-corrected chi connectivity index (χ3v) is 5.53. The predicted molar refractivity (Wildman–Crippen MR) is 101 cm³/mol. The molecule has 2 aliphatic heterocycles. The van der Waals surface area contributed by atoms with Gasteiger partial charge >= 0.3 is 0 Å². The number of nitrogens with zero attached hydrogens (tertiary/aromatic N) is 2. The second kappa shape index (κ2) is 7.08. The molecule has 2 aromatic rings. The Morgan fingerprint density at radius 1 is 1.35 bits per heavy atom. The van der Waals surface area contributed by atoms with Crippen LogP contribution in [-0.4, -0.2) is 48.1 Å². The first-order chi connectivity index (χ1) is 12.7. The van der Waals surface area contributed by atoms with Crippen molar-refractivity contribution in [2.45, 2.75) is 32.2 Å². The topological polar surface area (TPSA) is 54.5 Å². The number of hydrogen-bond acceptors (Lipinski definition) is 4. The molecule has 5 heteroatoms. The number of ether oxygens (including phenoxy) is 1. The maximum atomic E-state index is 13.3. The van der Waals surface area contributed by atoms with E-state index in [0.29, 0.717) is 19.1 Å². The predicted octanol–water partition coefficient (Wildman–Crippen LogP) is 2.54. The van der Waals surface area contributed by atoms with Gasteiger partial charge in [0.1, 0.15) is 12.4 Å². The van der Waals surface area contributed by atoms with Gasteiger partial charge in [-0.2, -0.15) is 0 Å². The van der Waals surface area contributed by atoms with Crippen LogP contribution < -0.4 is 10.1 Å². The molecule has 26 heavy (non-hydrogen) atoms. The molecule has 1 aromatic carbocycles. The minimum absolute atomic E-state index is 0.139. The molecule has 4 rings (SSSR count). The largest absolute Gasteiger partial charge is 0.490 e. The monoisotopic (exact) mass is 351 g/mol. The quantitative estimate of drug-likeness (QED) is 0.899. The molecule has 1 aromatic heterocycles. The Balaban J connectivity index is 1.58. The van der Waals surface area contributed by atoms with E-state index in [0.717, 1.165) is 36.4 Å². The summed E-state index contributed by atoms with van der Waals surface area (Å²) in [6.07, 6.45) is 4.42. The van der Waals surface area contributed by atoms with Crippen LogP contribution in [0.15, 0.2) is 36.7 Å². The van der Waals surface area contributed by atoms with Gasteiger partial charge in [-0.15, -0.1) is 0 Å². The van der Waals surface area contributed by atoms with E-state index in [4.69, 9.17) is 4.74 Å². The second-order valence-corrected chi connectivity index (χ2v) is 7.10. The lowest BCUT2D eigenvalue weighted by molar-refractivity contribution is 0.0613. The lowest BCUT2D eigenvalue weighted by Gasteiger charge is -2.39. The normalized spacial score (nSPS) is 21.5. The second-order valence-electron chi connectivity index (χ2n) is 7.10. The van der Waals surface area contributed by atoms with E-state index in [9.17, 15) is 4.79 Å². The molecule has 2 aliphatic rings.